The molecule has 0 saturated carbocycles. The summed E-state index contributed by atoms with van der Waals surface area (Å²) in [6, 6.07) is 18.4. The zero-order chi connectivity index (χ0) is 24.9. The number of fused-ring (bicyclic) bond motifs is 1. The monoisotopic (exact) mass is 469 g/mol. The van der Waals surface area contributed by atoms with Crippen molar-refractivity contribution in [2.24, 2.45) is 0 Å². The molecule has 0 spiro atoms. The van der Waals surface area contributed by atoms with E-state index in [1.165, 1.54) is 13.0 Å². The SMILES string of the molecule is CCOc1cc2occ(-c3ccccc3OC)c2cc1/C(C)=C/C(=O)Nc1ccc(C(C)=O)cc1. The summed E-state index contributed by atoms with van der Waals surface area (Å²) in [5.74, 6) is 1.07. The van der Waals surface area contributed by atoms with Gasteiger partial charge >= 0.3 is 0 Å². The van der Waals surface area contributed by atoms with E-state index in [1.54, 1.807) is 37.6 Å². The third-order valence-corrected chi connectivity index (χ3v) is 5.70. The summed E-state index contributed by atoms with van der Waals surface area (Å²) in [4.78, 5) is 24.2. The number of Topliss-reactive ketones (excluding diaryl/α,β-unsaturated/α-hetero) is 1. The smallest absolute Gasteiger partial charge is 0.248 e. The van der Waals surface area contributed by atoms with Crippen molar-refractivity contribution in [2.75, 3.05) is 19.0 Å². The highest BCUT2D eigenvalue weighted by molar-refractivity contribution is 6.06. The summed E-state index contributed by atoms with van der Waals surface area (Å²) in [7, 11) is 1.64. The number of carbonyl (C=O) groups is 2. The van der Waals surface area contributed by atoms with E-state index < -0.39 is 0 Å². The van der Waals surface area contributed by atoms with Crippen LogP contribution < -0.4 is 14.8 Å². The number of ether oxygens (including phenoxy) is 2. The Morgan fingerprint density at radius 1 is 0.971 bits per heavy atom. The second-order valence-corrected chi connectivity index (χ2v) is 8.08. The van der Waals surface area contributed by atoms with Crippen molar-refractivity contribution in [1.29, 1.82) is 0 Å². The Labute approximate surface area is 204 Å². The molecule has 1 N–H and O–H groups in total. The molecule has 6 heteroatoms. The van der Waals surface area contributed by atoms with E-state index in [0.29, 0.717) is 29.2 Å². The quantitative estimate of drug-likeness (QED) is 0.228. The number of nitrogens with one attached hydrogen (secondary N) is 1. The van der Waals surface area contributed by atoms with Crippen LogP contribution in [0.1, 0.15) is 36.7 Å². The fraction of sp³-hybridized carbons (Fsp3) is 0.172. The molecule has 6 nitrogen and oxygen atoms in total. The van der Waals surface area contributed by atoms with E-state index in [1.807, 2.05) is 50.2 Å². The van der Waals surface area contributed by atoms with Crippen LogP contribution in [0.5, 0.6) is 11.5 Å². The van der Waals surface area contributed by atoms with Crippen LogP contribution in [0.15, 0.2) is 77.4 Å². The maximum Gasteiger partial charge on any atom is 0.248 e. The molecule has 1 aromatic heterocycles. The van der Waals surface area contributed by atoms with E-state index in [9.17, 15) is 9.59 Å². The van der Waals surface area contributed by atoms with Crippen molar-refractivity contribution in [2.45, 2.75) is 20.8 Å². The van der Waals surface area contributed by atoms with Gasteiger partial charge in [0, 0.05) is 45.5 Å². The third kappa shape index (κ3) is 5.11. The molecule has 0 fully saturated rings. The van der Waals surface area contributed by atoms with Crippen LogP contribution in [0.25, 0.3) is 27.7 Å². The van der Waals surface area contributed by atoms with Crippen LogP contribution in [0.4, 0.5) is 5.69 Å². The highest BCUT2D eigenvalue weighted by Crippen LogP contribution is 2.40. The van der Waals surface area contributed by atoms with Gasteiger partial charge in [0.15, 0.2) is 5.78 Å². The topological polar surface area (TPSA) is 77.8 Å². The molecule has 0 aliphatic rings. The van der Waals surface area contributed by atoms with Gasteiger partial charge in [0.1, 0.15) is 17.1 Å². The number of hydrogen-bond donors (Lipinski definition) is 1. The minimum Gasteiger partial charge on any atom is -0.496 e. The zero-order valence-electron chi connectivity index (χ0n) is 20.2. The van der Waals surface area contributed by atoms with Gasteiger partial charge in [0.25, 0.3) is 0 Å². The number of methoxy groups -OCH3 is 1. The van der Waals surface area contributed by atoms with Gasteiger partial charge in [0.2, 0.25) is 5.91 Å². The summed E-state index contributed by atoms with van der Waals surface area (Å²) in [6.07, 6.45) is 3.24. The molecular weight excluding hydrogens is 442 g/mol. The van der Waals surface area contributed by atoms with E-state index in [2.05, 4.69) is 5.32 Å². The van der Waals surface area contributed by atoms with Gasteiger partial charge in [-0.25, -0.2) is 0 Å². The van der Waals surface area contributed by atoms with Gasteiger partial charge in [-0.2, -0.15) is 0 Å². The summed E-state index contributed by atoms with van der Waals surface area (Å²) >= 11 is 0. The molecule has 0 bridgehead atoms. The van der Waals surface area contributed by atoms with Crippen LogP contribution in [-0.2, 0) is 4.79 Å². The van der Waals surface area contributed by atoms with Crippen molar-refractivity contribution in [3.63, 3.8) is 0 Å². The first kappa shape index (κ1) is 23.8. The van der Waals surface area contributed by atoms with Crippen molar-refractivity contribution < 1.29 is 23.5 Å². The fourth-order valence-electron chi connectivity index (χ4n) is 3.95. The van der Waals surface area contributed by atoms with Gasteiger partial charge in [-0.15, -0.1) is 0 Å². The molecule has 3 aromatic carbocycles. The van der Waals surface area contributed by atoms with Crippen molar-refractivity contribution in [3.8, 4) is 22.6 Å². The normalized spacial score (nSPS) is 11.4. The highest BCUT2D eigenvalue weighted by Gasteiger charge is 2.17. The Morgan fingerprint density at radius 2 is 1.71 bits per heavy atom. The third-order valence-electron chi connectivity index (χ3n) is 5.70. The molecule has 0 aliphatic carbocycles. The zero-order valence-corrected chi connectivity index (χ0v) is 20.2. The second kappa shape index (κ2) is 10.3. The molecule has 0 atom stereocenters. The molecule has 0 saturated heterocycles. The molecular formula is C29H27NO5. The molecule has 4 rings (SSSR count). The first-order valence-corrected chi connectivity index (χ1v) is 11.3. The Morgan fingerprint density at radius 3 is 2.40 bits per heavy atom. The average molecular weight is 470 g/mol. The van der Waals surface area contributed by atoms with Crippen LogP contribution >= 0.6 is 0 Å². The lowest BCUT2D eigenvalue weighted by atomic mass is 9.98. The van der Waals surface area contributed by atoms with Gasteiger partial charge in [-0.05, 0) is 62.7 Å². The maximum atomic E-state index is 12.7. The average Bonchev–Trinajstić information content (AvgIpc) is 3.26. The van der Waals surface area contributed by atoms with Crippen LogP contribution in [0, 0.1) is 0 Å². The lowest BCUT2D eigenvalue weighted by Gasteiger charge is -2.12. The number of allylic oxidation sites excluding steroid dienone is 1. The minimum atomic E-state index is -0.280. The summed E-state index contributed by atoms with van der Waals surface area (Å²) < 4.78 is 17.3. The first-order chi connectivity index (χ1) is 16.9. The van der Waals surface area contributed by atoms with Gasteiger partial charge in [0.05, 0.1) is 20.0 Å². The molecule has 178 valence electrons. The number of amides is 1. The lowest BCUT2D eigenvalue weighted by molar-refractivity contribution is -0.111. The van der Waals surface area contributed by atoms with Crippen LogP contribution in [0.3, 0.4) is 0 Å². The van der Waals surface area contributed by atoms with E-state index in [4.69, 9.17) is 13.9 Å². The largest absolute Gasteiger partial charge is 0.496 e. The van der Waals surface area contributed by atoms with Crippen molar-refractivity contribution in [1.82, 2.24) is 0 Å². The first-order valence-electron chi connectivity index (χ1n) is 11.3. The Balaban J connectivity index is 1.70. The number of benzene rings is 3. The molecule has 0 radical (unpaired) electrons. The van der Waals surface area contributed by atoms with Crippen molar-refractivity contribution in [3.05, 3.63) is 84.1 Å². The number of ketones is 1. The number of furan rings is 1. The van der Waals surface area contributed by atoms with Crippen molar-refractivity contribution >= 4 is 33.9 Å². The number of rotatable bonds is 8. The van der Waals surface area contributed by atoms with Crippen LogP contribution in [0.2, 0.25) is 0 Å². The molecule has 0 aliphatic heterocycles. The maximum absolute atomic E-state index is 12.7. The summed E-state index contributed by atoms with van der Waals surface area (Å²) in [5.41, 5.74) is 5.22. The predicted octanol–water partition coefficient (Wildman–Crippen LogP) is 6.75. The standard InChI is InChI=1S/C29H27NO5/c1-5-34-27-16-28-24(25(17-35-28)22-8-6-7-9-26(22)33-4)15-23(27)18(2)14-29(32)30-21-12-10-20(11-13-21)19(3)31/h6-17H,5H2,1-4H3,(H,30,32)/b18-14+. The van der Waals surface area contributed by atoms with E-state index >= 15 is 0 Å². The Hall–Kier alpha value is -4.32. The van der Waals surface area contributed by atoms with Gasteiger partial charge < -0.3 is 19.2 Å². The summed E-state index contributed by atoms with van der Waals surface area (Å²) in [5, 5.41) is 3.73. The molecule has 4 aromatic rings. The summed E-state index contributed by atoms with van der Waals surface area (Å²) in [6.45, 7) is 5.75. The predicted molar refractivity (Wildman–Crippen MR) is 138 cm³/mol. The molecule has 0 unspecified atom stereocenters. The van der Waals surface area contributed by atoms with Crippen LogP contribution in [-0.4, -0.2) is 25.4 Å². The van der Waals surface area contributed by atoms with E-state index in [-0.39, 0.29) is 11.7 Å². The number of para-hydroxylation sites is 1. The molecule has 1 amide bonds. The molecule has 1 heterocycles. The lowest BCUT2D eigenvalue weighted by Crippen LogP contribution is -2.09. The Bertz CT molecular complexity index is 1410. The fourth-order valence-corrected chi connectivity index (χ4v) is 3.95. The molecule has 35 heavy (non-hydrogen) atoms. The number of hydrogen-bond acceptors (Lipinski definition) is 5. The van der Waals surface area contributed by atoms with E-state index in [0.717, 1.165) is 33.4 Å². The second-order valence-electron chi connectivity index (χ2n) is 8.08. The van der Waals surface area contributed by atoms with Gasteiger partial charge in [-0.3, -0.25) is 9.59 Å². The highest BCUT2D eigenvalue weighted by atomic mass is 16.5. The van der Waals surface area contributed by atoms with Gasteiger partial charge in [-0.1, -0.05) is 18.2 Å². The number of anilines is 1. The minimum absolute atomic E-state index is 0.0239. The number of carbonyl (C=O) groups excluding carboxylic acids is 2. The Kier molecular flexibility index (Phi) is 7.01.